The second kappa shape index (κ2) is 6.94. The highest BCUT2D eigenvalue weighted by atomic mass is 35.5. The zero-order valence-electron chi connectivity index (χ0n) is 14.2. The van der Waals surface area contributed by atoms with Crippen molar-refractivity contribution >= 4 is 28.2 Å². The highest BCUT2D eigenvalue weighted by Crippen LogP contribution is 2.26. The average molecular weight is 354 g/mol. The third kappa shape index (κ3) is 3.57. The molecule has 0 spiro atoms. The van der Waals surface area contributed by atoms with Gasteiger partial charge in [-0.05, 0) is 36.8 Å². The minimum absolute atomic E-state index is 0.527. The fourth-order valence-corrected chi connectivity index (χ4v) is 3.57. The van der Waals surface area contributed by atoms with Crippen LogP contribution in [0.25, 0.3) is 10.9 Å². The van der Waals surface area contributed by atoms with E-state index < -0.39 is 0 Å². The number of pyridine rings is 1. The van der Waals surface area contributed by atoms with E-state index >= 15 is 0 Å². The predicted octanol–water partition coefficient (Wildman–Crippen LogP) is 3.31. The van der Waals surface area contributed by atoms with Crippen LogP contribution in [-0.4, -0.2) is 46.0 Å². The SMILES string of the molecule is Cc1nc(Cl)c2cc(N3CCN(Cc4cccnc4)CC3)ccc2n1. The van der Waals surface area contributed by atoms with Crippen LogP contribution < -0.4 is 4.90 Å². The van der Waals surface area contributed by atoms with Crippen molar-refractivity contribution < 1.29 is 0 Å². The van der Waals surface area contributed by atoms with Crippen LogP contribution in [0.4, 0.5) is 5.69 Å². The molecule has 0 amide bonds. The van der Waals surface area contributed by atoms with Gasteiger partial charge in [0.15, 0.2) is 0 Å². The van der Waals surface area contributed by atoms with Crippen molar-refractivity contribution in [3.63, 3.8) is 0 Å². The van der Waals surface area contributed by atoms with Gasteiger partial charge in [-0.25, -0.2) is 9.97 Å². The molecule has 1 fully saturated rings. The number of aryl methyl sites for hydroxylation is 1. The van der Waals surface area contributed by atoms with Crippen LogP contribution >= 0.6 is 11.6 Å². The molecule has 6 heteroatoms. The first-order valence-corrected chi connectivity index (χ1v) is 8.87. The Hall–Kier alpha value is -2.24. The van der Waals surface area contributed by atoms with Crippen LogP contribution in [0, 0.1) is 6.92 Å². The van der Waals surface area contributed by atoms with Gasteiger partial charge in [-0.2, -0.15) is 0 Å². The summed E-state index contributed by atoms with van der Waals surface area (Å²) in [6.45, 7) is 6.88. The molecule has 4 rings (SSSR count). The van der Waals surface area contributed by atoms with E-state index in [0.29, 0.717) is 11.0 Å². The minimum Gasteiger partial charge on any atom is -0.369 e. The van der Waals surface area contributed by atoms with Crippen molar-refractivity contribution in [1.82, 2.24) is 19.9 Å². The van der Waals surface area contributed by atoms with Crippen molar-refractivity contribution in [2.45, 2.75) is 13.5 Å². The summed E-state index contributed by atoms with van der Waals surface area (Å²) >= 11 is 6.30. The number of anilines is 1. The summed E-state index contributed by atoms with van der Waals surface area (Å²) in [7, 11) is 0. The number of benzene rings is 1. The third-order valence-corrected chi connectivity index (χ3v) is 4.90. The lowest BCUT2D eigenvalue weighted by atomic mass is 10.2. The molecule has 128 valence electrons. The molecule has 0 aliphatic carbocycles. The lowest BCUT2D eigenvalue weighted by Gasteiger charge is -2.36. The highest BCUT2D eigenvalue weighted by Gasteiger charge is 2.18. The quantitative estimate of drug-likeness (QED) is 0.676. The Morgan fingerprint density at radius 1 is 1.08 bits per heavy atom. The van der Waals surface area contributed by atoms with E-state index in [2.05, 4.69) is 43.0 Å². The van der Waals surface area contributed by atoms with Crippen molar-refractivity contribution in [3.05, 3.63) is 59.3 Å². The monoisotopic (exact) mass is 353 g/mol. The van der Waals surface area contributed by atoms with Gasteiger partial charge in [0, 0.05) is 56.2 Å². The van der Waals surface area contributed by atoms with Crippen LogP contribution in [0.5, 0.6) is 0 Å². The number of hydrogen-bond acceptors (Lipinski definition) is 5. The number of fused-ring (bicyclic) bond motifs is 1. The lowest BCUT2D eigenvalue weighted by molar-refractivity contribution is 0.249. The van der Waals surface area contributed by atoms with E-state index in [4.69, 9.17) is 11.6 Å². The van der Waals surface area contributed by atoms with E-state index in [1.807, 2.05) is 31.5 Å². The normalized spacial score (nSPS) is 15.7. The van der Waals surface area contributed by atoms with E-state index in [-0.39, 0.29) is 0 Å². The molecule has 2 aromatic heterocycles. The number of nitrogens with zero attached hydrogens (tertiary/aromatic N) is 5. The number of halogens is 1. The van der Waals surface area contributed by atoms with Gasteiger partial charge in [-0.1, -0.05) is 17.7 Å². The van der Waals surface area contributed by atoms with Gasteiger partial charge >= 0.3 is 0 Å². The Bertz CT molecular complexity index is 876. The van der Waals surface area contributed by atoms with Gasteiger partial charge in [0.05, 0.1) is 5.52 Å². The van der Waals surface area contributed by atoms with Crippen molar-refractivity contribution in [3.8, 4) is 0 Å². The number of aromatic nitrogens is 3. The van der Waals surface area contributed by atoms with E-state index in [9.17, 15) is 0 Å². The number of rotatable bonds is 3. The smallest absolute Gasteiger partial charge is 0.140 e. The van der Waals surface area contributed by atoms with Gasteiger partial charge in [-0.15, -0.1) is 0 Å². The van der Waals surface area contributed by atoms with E-state index in [1.165, 1.54) is 11.3 Å². The largest absolute Gasteiger partial charge is 0.369 e. The maximum atomic E-state index is 6.30. The molecule has 1 aromatic carbocycles. The molecule has 5 nitrogen and oxygen atoms in total. The van der Waals surface area contributed by atoms with Crippen LogP contribution in [0.3, 0.4) is 0 Å². The lowest BCUT2D eigenvalue weighted by Crippen LogP contribution is -2.45. The molecule has 25 heavy (non-hydrogen) atoms. The van der Waals surface area contributed by atoms with Crippen molar-refractivity contribution in [1.29, 1.82) is 0 Å². The third-order valence-electron chi connectivity index (χ3n) is 4.61. The Morgan fingerprint density at radius 2 is 1.92 bits per heavy atom. The standard InChI is InChI=1S/C19H20ClN5/c1-14-22-18-5-4-16(11-17(18)19(20)23-14)25-9-7-24(8-10-25)13-15-3-2-6-21-12-15/h2-6,11-12H,7-10,13H2,1H3. The molecule has 1 aliphatic heterocycles. The average Bonchev–Trinajstić information content (AvgIpc) is 2.63. The molecular formula is C19H20ClN5. The molecule has 1 saturated heterocycles. The summed E-state index contributed by atoms with van der Waals surface area (Å²) in [6, 6.07) is 10.4. The number of hydrogen-bond donors (Lipinski definition) is 0. The molecule has 0 radical (unpaired) electrons. The summed E-state index contributed by atoms with van der Waals surface area (Å²) in [5.74, 6) is 0.703. The first-order valence-electron chi connectivity index (χ1n) is 8.49. The predicted molar refractivity (Wildman–Crippen MR) is 101 cm³/mol. The summed E-state index contributed by atoms with van der Waals surface area (Å²) in [5, 5.41) is 1.45. The first kappa shape index (κ1) is 16.2. The number of piperazine rings is 1. The maximum Gasteiger partial charge on any atom is 0.140 e. The summed E-state index contributed by atoms with van der Waals surface area (Å²) in [6.07, 6.45) is 3.76. The van der Waals surface area contributed by atoms with Crippen LogP contribution in [0.2, 0.25) is 5.15 Å². The van der Waals surface area contributed by atoms with Crippen LogP contribution in [-0.2, 0) is 6.54 Å². The zero-order valence-corrected chi connectivity index (χ0v) is 14.9. The molecule has 0 unspecified atom stereocenters. The Labute approximate surface area is 152 Å². The molecule has 0 saturated carbocycles. The van der Waals surface area contributed by atoms with Crippen molar-refractivity contribution in [2.75, 3.05) is 31.1 Å². The fraction of sp³-hybridized carbons (Fsp3) is 0.316. The Balaban J connectivity index is 1.46. The van der Waals surface area contributed by atoms with Crippen LogP contribution in [0.15, 0.2) is 42.7 Å². The highest BCUT2D eigenvalue weighted by molar-refractivity contribution is 6.34. The molecule has 0 bridgehead atoms. The van der Waals surface area contributed by atoms with Gasteiger partial charge in [0.2, 0.25) is 0 Å². The second-order valence-corrected chi connectivity index (χ2v) is 6.75. The summed E-state index contributed by atoms with van der Waals surface area (Å²) < 4.78 is 0. The Morgan fingerprint density at radius 3 is 2.68 bits per heavy atom. The first-order chi connectivity index (χ1) is 12.2. The maximum absolute atomic E-state index is 6.30. The van der Waals surface area contributed by atoms with Gasteiger partial charge in [0.1, 0.15) is 11.0 Å². The van der Waals surface area contributed by atoms with Gasteiger partial charge in [0.25, 0.3) is 0 Å². The van der Waals surface area contributed by atoms with Gasteiger partial charge < -0.3 is 4.90 Å². The van der Waals surface area contributed by atoms with Crippen LogP contribution in [0.1, 0.15) is 11.4 Å². The minimum atomic E-state index is 0.527. The fourth-order valence-electron chi connectivity index (χ4n) is 3.30. The summed E-state index contributed by atoms with van der Waals surface area (Å²) in [5.41, 5.74) is 3.35. The van der Waals surface area contributed by atoms with Gasteiger partial charge in [-0.3, -0.25) is 9.88 Å². The summed E-state index contributed by atoms with van der Waals surface area (Å²) in [4.78, 5) is 17.8. The van der Waals surface area contributed by atoms with E-state index in [1.54, 1.807) is 0 Å². The molecule has 0 N–H and O–H groups in total. The molecule has 3 aromatic rings. The molecule has 3 heterocycles. The van der Waals surface area contributed by atoms with E-state index in [0.717, 1.165) is 43.6 Å². The second-order valence-electron chi connectivity index (χ2n) is 6.39. The van der Waals surface area contributed by atoms with Crippen molar-refractivity contribution in [2.24, 2.45) is 0 Å². The Kier molecular flexibility index (Phi) is 4.51. The molecule has 0 atom stereocenters. The molecule has 1 aliphatic rings. The zero-order chi connectivity index (χ0) is 17.2. The molecular weight excluding hydrogens is 334 g/mol. The topological polar surface area (TPSA) is 45.2 Å².